The van der Waals surface area contributed by atoms with Gasteiger partial charge >= 0.3 is 0 Å². The third kappa shape index (κ3) is 3.15. The van der Waals surface area contributed by atoms with Crippen LogP contribution in [0.5, 0.6) is 0 Å². The largest absolute Gasteiger partial charge is 0.368 e. The fraction of sp³-hybridized carbons (Fsp3) is 0.647. The van der Waals surface area contributed by atoms with Crippen molar-refractivity contribution in [1.82, 2.24) is 10.2 Å². The first-order chi connectivity index (χ1) is 9.45. The van der Waals surface area contributed by atoms with Crippen LogP contribution in [0.2, 0.25) is 0 Å². The molecule has 1 aromatic carbocycles. The lowest BCUT2D eigenvalue weighted by Gasteiger charge is -2.47. The smallest absolute Gasteiger partial charge is 0.0415 e. The van der Waals surface area contributed by atoms with Crippen LogP contribution in [0.4, 0.5) is 5.69 Å². The number of nitrogens with zero attached hydrogens (tertiary/aromatic N) is 2. The monoisotopic (exact) mass is 275 g/mol. The van der Waals surface area contributed by atoms with Crippen LogP contribution in [0.15, 0.2) is 24.3 Å². The summed E-state index contributed by atoms with van der Waals surface area (Å²) in [7, 11) is 2.23. The van der Waals surface area contributed by atoms with Crippen LogP contribution < -0.4 is 10.2 Å². The van der Waals surface area contributed by atoms with Crippen LogP contribution in [-0.2, 0) is 0 Å². The standard InChI is InChI=1S/C17H29N3/c1-6-18-14(2)15-9-7-8-10-16(15)20-12-11-19(5)17(3,4)13-20/h7-10,14,18H,6,11-13H2,1-5H3. The van der Waals surface area contributed by atoms with Crippen LogP contribution in [0.3, 0.4) is 0 Å². The molecule has 1 fully saturated rings. The van der Waals surface area contributed by atoms with E-state index in [0.29, 0.717) is 6.04 Å². The average molecular weight is 275 g/mol. The Morgan fingerprint density at radius 2 is 1.95 bits per heavy atom. The van der Waals surface area contributed by atoms with Gasteiger partial charge in [-0.3, -0.25) is 4.90 Å². The van der Waals surface area contributed by atoms with Crippen molar-refractivity contribution >= 4 is 5.69 Å². The van der Waals surface area contributed by atoms with E-state index in [1.54, 1.807) is 0 Å². The van der Waals surface area contributed by atoms with E-state index in [1.165, 1.54) is 11.3 Å². The Hall–Kier alpha value is -1.06. The normalized spacial score (nSPS) is 20.9. The summed E-state index contributed by atoms with van der Waals surface area (Å²) in [4.78, 5) is 5.00. The van der Waals surface area contributed by atoms with Crippen molar-refractivity contribution in [1.29, 1.82) is 0 Å². The fourth-order valence-corrected chi connectivity index (χ4v) is 3.00. The summed E-state index contributed by atoms with van der Waals surface area (Å²) >= 11 is 0. The molecule has 20 heavy (non-hydrogen) atoms. The molecule has 1 aliphatic heterocycles. The molecule has 1 heterocycles. The fourth-order valence-electron chi connectivity index (χ4n) is 3.00. The molecule has 0 saturated carbocycles. The van der Waals surface area contributed by atoms with Gasteiger partial charge in [-0.25, -0.2) is 0 Å². The maximum atomic E-state index is 3.53. The van der Waals surface area contributed by atoms with Crippen molar-refractivity contribution in [2.45, 2.75) is 39.3 Å². The molecule has 1 unspecified atom stereocenters. The molecule has 1 saturated heterocycles. The Kier molecular flexibility index (Phi) is 4.71. The third-order valence-corrected chi connectivity index (χ3v) is 4.57. The Labute approximate surface area is 124 Å². The average Bonchev–Trinajstić information content (AvgIpc) is 2.42. The SMILES string of the molecule is CCNC(C)c1ccccc1N1CCN(C)C(C)(C)C1. The van der Waals surface area contributed by atoms with Crippen molar-refractivity contribution in [3.63, 3.8) is 0 Å². The number of benzene rings is 1. The summed E-state index contributed by atoms with van der Waals surface area (Å²) in [6.07, 6.45) is 0. The highest BCUT2D eigenvalue weighted by Crippen LogP contribution is 2.30. The summed E-state index contributed by atoms with van der Waals surface area (Å²) in [6.45, 7) is 13.4. The predicted molar refractivity (Wildman–Crippen MR) is 87.5 cm³/mol. The maximum Gasteiger partial charge on any atom is 0.0415 e. The van der Waals surface area contributed by atoms with Gasteiger partial charge in [0.1, 0.15) is 0 Å². The minimum absolute atomic E-state index is 0.229. The Morgan fingerprint density at radius 3 is 2.60 bits per heavy atom. The van der Waals surface area contributed by atoms with Crippen LogP contribution in [0.1, 0.15) is 39.3 Å². The Balaban J connectivity index is 2.25. The number of anilines is 1. The van der Waals surface area contributed by atoms with E-state index in [2.05, 4.69) is 74.1 Å². The Bertz CT molecular complexity index is 442. The van der Waals surface area contributed by atoms with Crippen molar-refractivity contribution in [2.75, 3.05) is 38.1 Å². The second-order valence-corrected chi connectivity index (χ2v) is 6.49. The summed E-state index contributed by atoms with van der Waals surface area (Å²) in [5.74, 6) is 0. The molecule has 0 spiro atoms. The molecule has 1 aliphatic rings. The quantitative estimate of drug-likeness (QED) is 0.911. The third-order valence-electron chi connectivity index (χ3n) is 4.57. The van der Waals surface area contributed by atoms with E-state index in [0.717, 1.165) is 26.2 Å². The molecule has 3 heteroatoms. The zero-order valence-corrected chi connectivity index (χ0v) is 13.6. The first-order valence-electron chi connectivity index (χ1n) is 7.74. The summed E-state index contributed by atoms with van der Waals surface area (Å²) < 4.78 is 0. The predicted octanol–water partition coefficient (Wildman–Crippen LogP) is 2.89. The van der Waals surface area contributed by atoms with Crippen LogP contribution in [-0.4, -0.2) is 43.7 Å². The van der Waals surface area contributed by atoms with E-state index < -0.39 is 0 Å². The number of likely N-dealkylation sites (N-methyl/N-ethyl adjacent to an activating group) is 1. The highest BCUT2D eigenvalue weighted by Gasteiger charge is 2.32. The van der Waals surface area contributed by atoms with Crippen molar-refractivity contribution in [3.8, 4) is 0 Å². The number of hydrogen-bond acceptors (Lipinski definition) is 3. The molecule has 0 aromatic heterocycles. The van der Waals surface area contributed by atoms with Crippen LogP contribution >= 0.6 is 0 Å². The minimum atomic E-state index is 0.229. The second kappa shape index (κ2) is 6.15. The molecule has 1 N–H and O–H groups in total. The number of piperazine rings is 1. The number of para-hydroxylation sites is 1. The topological polar surface area (TPSA) is 18.5 Å². The first kappa shape index (κ1) is 15.3. The minimum Gasteiger partial charge on any atom is -0.368 e. The second-order valence-electron chi connectivity index (χ2n) is 6.49. The molecule has 2 rings (SSSR count). The molecule has 1 aromatic rings. The van der Waals surface area contributed by atoms with Gasteiger partial charge in [-0.1, -0.05) is 25.1 Å². The first-order valence-corrected chi connectivity index (χ1v) is 7.74. The van der Waals surface area contributed by atoms with Crippen molar-refractivity contribution in [3.05, 3.63) is 29.8 Å². The molecular weight excluding hydrogens is 246 g/mol. The molecule has 3 nitrogen and oxygen atoms in total. The number of nitrogens with one attached hydrogen (secondary N) is 1. The summed E-state index contributed by atoms with van der Waals surface area (Å²) in [5.41, 5.74) is 3.03. The van der Waals surface area contributed by atoms with Gasteiger partial charge in [-0.15, -0.1) is 0 Å². The molecular formula is C17H29N3. The molecule has 0 radical (unpaired) electrons. The van der Waals surface area contributed by atoms with Crippen molar-refractivity contribution < 1.29 is 0 Å². The highest BCUT2D eigenvalue weighted by molar-refractivity contribution is 5.55. The lowest BCUT2D eigenvalue weighted by Crippen LogP contribution is -2.58. The maximum absolute atomic E-state index is 3.53. The lowest BCUT2D eigenvalue weighted by molar-refractivity contribution is 0.138. The van der Waals surface area contributed by atoms with E-state index in [1.807, 2.05) is 0 Å². The van der Waals surface area contributed by atoms with Gasteiger partial charge in [0.05, 0.1) is 0 Å². The van der Waals surface area contributed by atoms with E-state index >= 15 is 0 Å². The van der Waals surface area contributed by atoms with Gasteiger partial charge in [0.15, 0.2) is 0 Å². The molecule has 0 bridgehead atoms. The molecule has 0 aliphatic carbocycles. The zero-order chi connectivity index (χ0) is 14.8. The molecule has 112 valence electrons. The number of hydrogen-bond donors (Lipinski definition) is 1. The Morgan fingerprint density at radius 1 is 1.25 bits per heavy atom. The van der Waals surface area contributed by atoms with Crippen LogP contribution in [0, 0.1) is 0 Å². The van der Waals surface area contributed by atoms with Gasteiger partial charge in [0, 0.05) is 36.9 Å². The van der Waals surface area contributed by atoms with E-state index in [4.69, 9.17) is 0 Å². The highest BCUT2D eigenvalue weighted by atomic mass is 15.3. The summed E-state index contributed by atoms with van der Waals surface area (Å²) in [5, 5.41) is 3.53. The zero-order valence-electron chi connectivity index (χ0n) is 13.6. The number of rotatable bonds is 4. The van der Waals surface area contributed by atoms with Gasteiger partial charge in [0.2, 0.25) is 0 Å². The van der Waals surface area contributed by atoms with Gasteiger partial charge < -0.3 is 10.2 Å². The van der Waals surface area contributed by atoms with Gasteiger partial charge in [0.25, 0.3) is 0 Å². The molecule has 0 amide bonds. The van der Waals surface area contributed by atoms with E-state index in [9.17, 15) is 0 Å². The molecule has 1 atom stereocenters. The van der Waals surface area contributed by atoms with Gasteiger partial charge in [-0.2, -0.15) is 0 Å². The lowest BCUT2D eigenvalue weighted by atomic mass is 9.97. The van der Waals surface area contributed by atoms with E-state index in [-0.39, 0.29) is 5.54 Å². The summed E-state index contributed by atoms with van der Waals surface area (Å²) in [6, 6.07) is 9.23. The van der Waals surface area contributed by atoms with Crippen molar-refractivity contribution in [2.24, 2.45) is 0 Å². The van der Waals surface area contributed by atoms with Gasteiger partial charge in [-0.05, 0) is 46.0 Å². The van der Waals surface area contributed by atoms with Crippen LogP contribution in [0.25, 0.3) is 0 Å².